The molecule has 1 aromatic heterocycles. The minimum Gasteiger partial charge on any atom is -0.343 e. The van der Waals surface area contributed by atoms with E-state index in [0.29, 0.717) is 40.2 Å². The molecule has 0 spiro atoms. The van der Waals surface area contributed by atoms with Crippen molar-refractivity contribution in [1.29, 1.82) is 0 Å². The van der Waals surface area contributed by atoms with Crippen LogP contribution in [0.2, 0.25) is 0 Å². The van der Waals surface area contributed by atoms with Crippen LogP contribution in [-0.4, -0.2) is 15.8 Å². The summed E-state index contributed by atoms with van der Waals surface area (Å²) in [7, 11) is 0. The number of H-pyrrole nitrogens is 1. The van der Waals surface area contributed by atoms with Gasteiger partial charge in [-0.1, -0.05) is 94.1 Å². The van der Waals surface area contributed by atoms with Gasteiger partial charge in [0.1, 0.15) is 5.82 Å². The highest BCUT2D eigenvalue weighted by molar-refractivity contribution is 7.98. The lowest BCUT2D eigenvalue weighted by atomic mass is 9.69. The number of allylic oxidation sites excluding steroid dienone is 2. The Labute approximate surface area is 210 Å². The molecular formula is C29H31N3O2S. The zero-order valence-electron chi connectivity index (χ0n) is 20.6. The standard InChI is InChI=1S/C29H31N3O2S/c1-17(2)19-10-12-20(13-11-19)23-24-21(14-29(3,4)15-22(24)33)30-26-25(23)27(34)32-28(31-26)35-16-18-8-6-5-7-9-18/h5-13,17,23H,14-16H2,1-4H3,(H2,30,31,32,34)/t23-/m1/s1. The van der Waals surface area contributed by atoms with Crippen LogP contribution in [0.15, 0.2) is 75.8 Å². The van der Waals surface area contributed by atoms with Gasteiger partial charge in [-0.05, 0) is 34.4 Å². The first-order valence-corrected chi connectivity index (χ1v) is 13.1. The first-order chi connectivity index (χ1) is 16.7. The third-order valence-electron chi connectivity index (χ3n) is 6.86. The normalized spacial score (nSPS) is 18.8. The second-order valence-corrected chi connectivity index (χ2v) is 11.6. The van der Waals surface area contributed by atoms with Gasteiger partial charge in [0.25, 0.3) is 5.56 Å². The summed E-state index contributed by atoms with van der Waals surface area (Å²) in [6, 6.07) is 18.4. The molecule has 0 saturated heterocycles. The Morgan fingerprint density at radius 3 is 2.43 bits per heavy atom. The summed E-state index contributed by atoms with van der Waals surface area (Å²) in [5.74, 6) is 1.36. The molecule has 5 nitrogen and oxygen atoms in total. The van der Waals surface area contributed by atoms with Crippen molar-refractivity contribution in [3.05, 3.63) is 98.5 Å². The van der Waals surface area contributed by atoms with Crippen molar-refractivity contribution in [3.63, 3.8) is 0 Å². The van der Waals surface area contributed by atoms with Crippen molar-refractivity contribution in [2.24, 2.45) is 5.41 Å². The Balaban J connectivity index is 1.59. The highest BCUT2D eigenvalue weighted by atomic mass is 32.2. The number of fused-ring (bicyclic) bond motifs is 1. The van der Waals surface area contributed by atoms with Crippen LogP contribution in [0.4, 0.5) is 5.82 Å². The fourth-order valence-electron chi connectivity index (χ4n) is 5.09. The van der Waals surface area contributed by atoms with Crippen molar-refractivity contribution in [1.82, 2.24) is 9.97 Å². The van der Waals surface area contributed by atoms with Crippen molar-refractivity contribution in [2.45, 2.75) is 63.3 Å². The van der Waals surface area contributed by atoms with E-state index in [1.54, 1.807) is 0 Å². The maximum absolute atomic E-state index is 13.5. The summed E-state index contributed by atoms with van der Waals surface area (Å²) in [6.45, 7) is 8.55. The molecule has 2 aliphatic rings. The molecule has 0 radical (unpaired) electrons. The molecule has 5 rings (SSSR count). The third kappa shape index (κ3) is 4.72. The zero-order valence-corrected chi connectivity index (χ0v) is 21.5. The number of thioether (sulfide) groups is 1. The van der Waals surface area contributed by atoms with E-state index in [-0.39, 0.29) is 16.8 Å². The first kappa shape index (κ1) is 23.6. The monoisotopic (exact) mass is 485 g/mol. The summed E-state index contributed by atoms with van der Waals surface area (Å²) in [4.78, 5) is 34.7. The number of anilines is 1. The topological polar surface area (TPSA) is 74.8 Å². The maximum Gasteiger partial charge on any atom is 0.257 e. The summed E-state index contributed by atoms with van der Waals surface area (Å²) in [5, 5.41) is 3.98. The smallest absolute Gasteiger partial charge is 0.257 e. The number of ketones is 1. The minimum absolute atomic E-state index is 0.106. The minimum atomic E-state index is -0.421. The molecule has 2 heterocycles. The molecule has 0 saturated carbocycles. The number of Topliss-reactive ketones (excluding diaryl/α,β-unsaturated/α-hetero) is 1. The van der Waals surface area contributed by atoms with Crippen LogP contribution >= 0.6 is 11.8 Å². The average Bonchev–Trinajstić information content (AvgIpc) is 2.81. The van der Waals surface area contributed by atoms with Gasteiger partial charge in [-0.2, -0.15) is 0 Å². The van der Waals surface area contributed by atoms with E-state index in [1.807, 2.05) is 18.2 Å². The second kappa shape index (κ2) is 9.15. The number of nitrogens with one attached hydrogen (secondary N) is 2. The molecule has 1 aliphatic carbocycles. The fourth-order valence-corrected chi connectivity index (χ4v) is 5.91. The van der Waals surface area contributed by atoms with Gasteiger partial charge in [0, 0.05) is 29.4 Å². The Hall–Kier alpha value is -3.12. The molecule has 35 heavy (non-hydrogen) atoms. The number of hydrogen-bond donors (Lipinski definition) is 2. The lowest BCUT2D eigenvalue weighted by Gasteiger charge is -2.38. The number of aromatic nitrogens is 2. The van der Waals surface area contributed by atoms with Gasteiger partial charge in [-0.15, -0.1) is 0 Å². The van der Waals surface area contributed by atoms with E-state index < -0.39 is 5.92 Å². The van der Waals surface area contributed by atoms with Gasteiger partial charge in [0.05, 0.1) is 5.56 Å². The van der Waals surface area contributed by atoms with Crippen LogP contribution in [0.3, 0.4) is 0 Å². The molecule has 2 aromatic carbocycles. The number of carbonyl (C=O) groups is 1. The molecule has 3 aromatic rings. The summed E-state index contributed by atoms with van der Waals surface area (Å²) in [6.07, 6.45) is 1.22. The number of benzene rings is 2. The number of nitrogens with zero attached hydrogens (tertiary/aromatic N) is 1. The number of rotatable bonds is 5. The van der Waals surface area contributed by atoms with Gasteiger partial charge in [0.2, 0.25) is 0 Å². The summed E-state index contributed by atoms with van der Waals surface area (Å²) in [5.41, 5.74) is 5.15. The predicted octanol–water partition coefficient (Wildman–Crippen LogP) is 6.39. The average molecular weight is 486 g/mol. The highest BCUT2D eigenvalue weighted by Gasteiger charge is 2.42. The largest absolute Gasteiger partial charge is 0.343 e. The lowest BCUT2D eigenvalue weighted by Crippen LogP contribution is -2.37. The number of carbonyl (C=O) groups excluding carboxylic acids is 1. The van der Waals surface area contributed by atoms with Crippen molar-refractivity contribution in [2.75, 3.05) is 5.32 Å². The lowest BCUT2D eigenvalue weighted by molar-refractivity contribution is -0.118. The predicted molar refractivity (Wildman–Crippen MR) is 142 cm³/mol. The van der Waals surface area contributed by atoms with E-state index in [2.05, 4.69) is 74.4 Å². The zero-order chi connectivity index (χ0) is 24.7. The Morgan fingerprint density at radius 1 is 1.03 bits per heavy atom. The quantitative estimate of drug-likeness (QED) is 0.324. The highest BCUT2D eigenvalue weighted by Crippen LogP contribution is 2.47. The van der Waals surface area contributed by atoms with E-state index in [9.17, 15) is 9.59 Å². The first-order valence-electron chi connectivity index (χ1n) is 12.2. The van der Waals surface area contributed by atoms with Crippen LogP contribution in [-0.2, 0) is 10.5 Å². The molecule has 1 aliphatic heterocycles. The fraction of sp³-hybridized carbons (Fsp3) is 0.345. The van der Waals surface area contributed by atoms with E-state index in [1.165, 1.54) is 22.9 Å². The van der Waals surface area contributed by atoms with Crippen LogP contribution in [0.1, 0.15) is 74.6 Å². The molecular weight excluding hydrogens is 454 g/mol. The van der Waals surface area contributed by atoms with E-state index in [0.717, 1.165) is 17.7 Å². The van der Waals surface area contributed by atoms with E-state index >= 15 is 0 Å². The molecule has 0 bridgehead atoms. The SMILES string of the molecule is CC(C)c1ccc([C@@H]2C3=C(CC(C)(C)CC3=O)Nc3nc(SCc4ccccc4)[nH]c(=O)c32)cc1. The maximum atomic E-state index is 13.5. The number of aromatic amines is 1. The van der Waals surface area contributed by atoms with Crippen molar-refractivity contribution < 1.29 is 4.79 Å². The molecule has 2 N–H and O–H groups in total. The molecule has 1 atom stereocenters. The Bertz CT molecular complexity index is 1350. The molecule has 180 valence electrons. The summed E-state index contributed by atoms with van der Waals surface area (Å²) < 4.78 is 0. The second-order valence-electron chi connectivity index (χ2n) is 10.6. The van der Waals surface area contributed by atoms with E-state index in [4.69, 9.17) is 4.98 Å². The number of hydrogen-bond acceptors (Lipinski definition) is 5. The van der Waals surface area contributed by atoms with Crippen molar-refractivity contribution in [3.8, 4) is 0 Å². The van der Waals surface area contributed by atoms with Crippen LogP contribution < -0.4 is 10.9 Å². The summed E-state index contributed by atoms with van der Waals surface area (Å²) >= 11 is 1.50. The van der Waals surface area contributed by atoms with Gasteiger partial charge in [-0.3, -0.25) is 9.59 Å². The van der Waals surface area contributed by atoms with Crippen LogP contribution in [0.5, 0.6) is 0 Å². The van der Waals surface area contributed by atoms with Crippen LogP contribution in [0, 0.1) is 5.41 Å². The van der Waals surface area contributed by atoms with Gasteiger partial charge >= 0.3 is 0 Å². The van der Waals surface area contributed by atoms with Crippen LogP contribution in [0.25, 0.3) is 0 Å². The van der Waals surface area contributed by atoms with Gasteiger partial charge in [-0.25, -0.2) is 4.98 Å². The Morgan fingerprint density at radius 2 is 1.74 bits per heavy atom. The molecule has 0 unspecified atom stereocenters. The molecule has 0 fully saturated rings. The van der Waals surface area contributed by atoms with Crippen molar-refractivity contribution >= 4 is 23.4 Å². The van der Waals surface area contributed by atoms with Gasteiger partial charge in [0.15, 0.2) is 10.9 Å². The molecule has 6 heteroatoms. The Kier molecular flexibility index (Phi) is 6.18. The third-order valence-corrected chi connectivity index (χ3v) is 7.80. The molecule has 0 amide bonds. The van der Waals surface area contributed by atoms with Gasteiger partial charge < -0.3 is 10.3 Å².